The molecule has 1 aromatic heterocycles. The predicted octanol–water partition coefficient (Wildman–Crippen LogP) is 5.22. The first-order chi connectivity index (χ1) is 17.3. The van der Waals surface area contributed by atoms with Crippen molar-refractivity contribution < 1.29 is 13.9 Å². The molecule has 1 aliphatic heterocycles. The number of aromatic nitrogens is 2. The van der Waals surface area contributed by atoms with E-state index in [9.17, 15) is 9.18 Å². The second-order valence-electron chi connectivity index (χ2n) is 10.6. The lowest BCUT2D eigenvalue weighted by molar-refractivity contribution is 0.0729. The van der Waals surface area contributed by atoms with Gasteiger partial charge in [-0.2, -0.15) is 0 Å². The van der Waals surface area contributed by atoms with E-state index in [-0.39, 0.29) is 17.4 Å². The van der Waals surface area contributed by atoms with Crippen LogP contribution >= 0.6 is 0 Å². The van der Waals surface area contributed by atoms with Crippen LogP contribution in [0.25, 0.3) is 11.3 Å². The number of rotatable bonds is 6. The Morgan fingerprint density at radius 2 is 1.78 bits per heavy atom. The van der Waals surface area contributed by atoms with Crippen LogP contribution in [0.1, 0.15) is 55.1 Å². The van der Waals surface area contributed by atoms with Gasteiger partial charge in [-0.05, 0) is 41.5 Å². The summed E-state index contributed by atoms with van der Waals surface area (Å²) >= 11 is 0. The van der Waals surface area contributed by atoms with Crippen molar-refractivity contribution in [2.24, 2.45) is 0 Å². The highest BCUT2D eigenvalue weighted by atomic mass is 19.1. The number of anilines is 1. The number of benzene rings is 2. The molecule has 2 fully saturated rings. The quantitative estimate of drug-likeness (QED) is 0.476. The highest BCUT2D eigenvalue weighted by Crippen LogP contribution is 2.33. The molecule has 0 bridgehead atoms. The van der Waals surface area contributed by atoms with E-state index in [1.807, 2.05) is 9.80 Å². The highest BCUT2D eigenvalue weighted by Gasteiger charge is 2.35. The summed E-state index contributed by atoms with van der Waals surface area (Å²) in [6.45, 7) is 9.54. The zero-order valence-corrected chi connectivity index (χ0v) is 21.2. The Balaban J connectivity index is 1.49. The van der Waals surface area contributed by atoms with Gasteiger partial charge in [0.25, 0.3) is 5.91 Å². The molecule has 1 saturated heterocycles. The van der Waals surface area contributed by atoms with Gasteiger partial charge in [-0.15, -0.1) is 0 Å². The van der Waals surface area contributed by atoms with Crippen LogP contribution in [0.3, 0.4) is 0 Å². The lowest BCUT2D eigenvalue weighted by Crippen LogP contribution is -2.38. The van der Waals surface area contributed by atoms with Crippen LogP contribution < -0.4 is 4.90 Å². The van der Waals surface area contributed by atoms with Crippen LogP contribution in [0.5, 0.6) is 0 Å². The third-order valence-electron chi connectivity index (χ3n) is 6.85. The van der Waals surface area contributed by atoms with Gasteiger partial charge in [0.15, 0.2) is 0 Å². The molecule has 0 N–H and O–H groups in total. The van der Waals surface area contributed by atoms with E-state index in [1.165, 1.54) is 11.6 Å². The van der Waals surface area contributed by atoms with Crippen LogP contribution in [0.15, 0.2) is 54.7 Å². The zero-order valence-electron chi connectivity index (χ0n) is 21.2. The second kappa shape index (κ2) is 9.97. The van der Waals surface area contributed by atoms with Crippen LogP contribution in [-0.4, -0.2) is 53.1 Å². The normalized spacial score (nSPS) is 16.2. The number of ether oxygens (including phenoxy) is 1. The van der Waals surface area contributed by atoms with Gasteiger partial charge in [-0.1, -0.05) is 57.2 Å². The SMILES string of the molecule is CC(C)(C)c1ccc(CN(C(=O)c2cnc(N3CCOCC3)nc2-c2ccccc2F)C2CC2)cc1. The summed E-state index contributed by atoms with van der Waals surface area (Å²) in [7, 11) is 0. The first-order valence-electron chi connectivity index (χ1n) is 12.7. The number of carbonyl (C=O) groups excluding carboxylic acids is 1. The van der Waals surface area contributed by atoms with Crippen molar-refractivity contribution in [1.29, 1.82) is 0 Å². The third kappa shape index (κ3) is 5.26. The molecular weight excluding hydrogens is 455 g/mol. The maximum absolute atomic E-state index is 14.9. The van der Waals surface area contributed by atoms with Crippen LogP contribution in [0, 0.1) is 5.82 Å². The van der Waals surface area contributed by atoms with Crippen molar-refractivity contribution >= 4 is 11.9 Å². The molecule has 3 aromatic rings. The number of hydrogen-bond donors (Lipinski definition) is 0. The average molecular weight is 489 g/mol. The molecule has 5 rings (SSSR count). The molecule has 0 atom stereocenters. The first-order valence-corrected chi connectivity index (χ1v) is 12.7. The highest BCUT2D eigenvalue weighted by molar-refractivity contribution is 6.00. The Bertz CT molecular complexity index is 1230. The zero-order chi connectivity index (χ0) is 25.3. The monoisotopic (exact) mass is 488 g/mol. The van der Waals surface area contributed by atoms with Gasteiger partial charge < -0.3 is 14.5 Å². The fraction of sp³-hybridized carbons (Fsp3) is 0.414. The van der Waals surface area contributed by atoms with Crippen LogP contribution in [0.2, 0.25) is 0 Å². The molecule has 7 heteroatoms. The fourth-order valence-corrected chi connectivity index (χ4v) is 4.52. The molecule has 0 radical (unpaired) electrons. The summed E-state index contributed by atoms with van der Waals surface area (Å²) in [4.78, 5) is 27.1. The van der Waals surface area contributed by atoms with E-state index in [4.69, 9.17) is 9.72 Å². The van der Waals surface area contributed by atoms with Gasteiger partial charge >= 0.3 is 0 Å². The van der Waals surface area contributed by atoms with E-state index in [0.717, 1.165) is 18.4 Å². The first kappa shape index (κ1) is 24.4. The minimum absolute atomic E-state index is 0.0682. The lowest BCUT2D eigenvalue weighted by Gasteiger charge is -2.28. The summed E-state index contributed by atoms with van der Waals surface area (Å²) in [6, 6.07) is 15.1. The Morgan fingerprint density at radius 1 is 1.08 bits per heavy atom. The van der Waals surface area contributed by atoms with Gasteiger partial charge in [-0.25, -0.2) is 14.4 Å². The van der Waals surface area contributed by atoms with Crippen molar-refractivity contribution in [2.45, 2.75) is 51.6 Å². The summed E-state index contributed by atoms with van der Waals surface area (Å²) < 4.78 is 20.4. The molecule has 0 spiro atoms. The number of nitrogens with zero attached hydrogens (tertiary/aromatic N) is 4. The average Bonchev–Trinajstić information content (AvgIpc) is 3.73. The third-order valence-corrected chi connectivity index (χ3v) is 6.85. The van der Waals surface area contributed by atoms with Gasteiger partial charge in [0.1, 0.15) is 5.82 Å². The van der Waals surface area contributed by atoms with Crippen LogP contribution in [0.4, 0.5) is 10.3 Å². The molecule has 6 nitrogen and oxygen atoms in total. The van der Waals surface area contributed by atoms with Crippen molar-refractivity contribution in [1.82, 2.24) is 14.9 Å². The lowest BCUT2D eigenvalue weighted by atomic mass is 9.87. The van der Waals surface area contributed by atoms with Crippen molar-refractivity contribution in [2.75, 3.05) is 31.2 Å². The standard InChI is InChI=1S/C29H33FN4O2/c1-29(2,3)21-10-8-20(9-11-21)19-34(22-12-13-22)27(35)24-18-31-28(33-14-16-36-17-15-33)32-26(24)23-6-4-5-7-25(23)30/h4-11,18,22H,12-17,19H2,1-3H3. The molecular formula is C29H33FN4O2. The molecule has 1 aliphatic carbocycles. The van der Waals surface area contributed by atoms with Gasteiger partial charge in [-0.3, -0.25) is 4.79 Å². The fourth-order valence-electron chi connectivity index (χ4n) is 4.52. The van der Waals surface area contributed by atoms with E-state index in [2.05, 4.69) is 50.0 Å². The van der Waals surface area contributed by atoms with Crippen molar-refractivity contribution in [3.63, 3.8) is 0 Å². The number of amides is 1. The van der Waals surface area contributed by atoms with Gasteiger partial charge in [0.05, 0.1) is 24.5 Å². The molecule has 0 unspecified atom stereocenters. The van der Waals surface area contributed by atoms with Gasteiger partial charge in [0.2, 0.25) is 5.95 Å². The summed E-state index contributed by atoms with van der Waals surface area (Å²) in [5.41, 5.74) is 3.37. The minimum atomic E-state index is -0.408. The van der Waals surface area contributed by atoms with E-state index >= 15 is 0 Å². The van der Waals surface area contributed by atoms with E-state index < -0.39 is 5.82 Å². The largest absolute Gasteiger partial charge is 0.378 e. The molecule has 2 heterocycles. The molecule has 188 valence electrons. The Morgan fingerprint density at radius 3 is 2.42 bits per heavy atom. The Labute approximate surface area is 212 Å². The second-order valence-corrected chi connectivity index (χ2v) is 10.6. The maximum Gasteiger partial charge on any atom is 0.258 e. The summed E-state index contributed by atoms with van der Waals surface area (Å²) in [5.74, 6) is -0.0815. The number of hydrogen-bond acceptors (Lipinski definition) is 5. The Kier molecular flexibility index (Phi) is 6.75. The van der Waals surface area contributed by atoms with E-state index in [1.54, 1.807) is 24.4 Å². The number of morpholine rings is 1. The van der Waals surface area contributed by atoms with Crippen LogP contribution in [-0.2, 0) is 16.7 Å². The van der Waals surface area contributed by atoms with E-state index in [0.29, 0.717) is 55.6 Å². The smallest absolute Gasteiger partial charge is 0.258 e. The van der Waals surface area contributed by atoms with Crippen molar-refractivity contribution in [3.8, 4) is 11.3 Å². The molecule has 2 aliphatic rings. The maximum atomic E-state index is 14.9. The Hall–Kier alpha value is -3.32. The molecule has 1 saturated carbocycles. The van der Waals surface area contributed by atoms with Crippen molar-refractivity contribution in [3.05, 3.63) is 77.2 Å². The molecule has 1 amide bonds. The van der Waals surface area contributed by atoms with Gasteiger partial charge in [0, 0.05) is 37.4 Å². The topological polar surface area (TPSA) is 58.6 Å². The number of carbonyl (C=O) groups is 1. The molecule has 36 heavy (non-hydrogen) atoms. The molecule has 2 aromatic carbocycles. The summed E-state index contributed by atoms with van der Waals surface area (Å²) in [5, 5.41) is 0. The minimum Gasteiger partial charge on any atom is -0.378 e. The summed E-state index contributed by atoms with van der Waals surface area (Å²) in [6.07, 6.45) is 3.50. The number of halogens is 1. The predicted molar refractivity (Wildman–Crippen MR) is 138 cm³/mol.